The van der Waals surface area contributed by atoms with Crippen LogP contribution >= 0.6 is 11.3 Å². The number of hydrogen-bond donors (Lipinski definition) is 0. The van der Waals surface area contributed by atoms with E-state index in [9.17, 15) is 0 Å². The average Bonchev–Trinajstić information content (AvgIpc) is 3.44. The monoisotopic (exact) mass is 427 g/mol. The Morgan fingerprint density at radius 2 is 1.53 bits per heavy atom. The molecule has 0 aliphatic heterocycles. The number of anilines is 2. The van der Waals surface area contributed by atoms with E-state index < -0.39 is 0 Å². The van der Waals surface area contributed by atoms with E-state index in [1.807, 2.05) is 115 Å². The van der Waals surface area contributed by atoms with E-state index in [-0.39, 0.29) is 0 Å². The minimum atomic E-state index is 0.560. The van der Waals surface area contributed by atoms with E-state index in [2.05, 4.69) is 15.1 Å². The molecule has 0 amide bonds. The lowest BCUT2D eigenvalue weighted by Gasteiger charge is -2.11. The minimum Gasteiger partial charge on any atom is -0.439 e. The molecule has 0 atom stereocenters. The number of aryl methyl sites for hydroxylation is 1. The third-order valence-corrected chi connectivity index (χ3v) is 4.56. The molecule has 0 radical (unpaired) electrons. The van der Waals surface area contributed by atoms with Crippen LogP contribution in [0.5, 0.6) is 11.6 Å². The van der Waals surface area contributed by atoms with Gasteiger partial charge in [0.05, 0.1) is 0 Å². The van der Waals surface area contributed by atoms with E-state index in [0.29, 0.717) is 5.88 Å². The zero-order chi connectivity index (χ0) is 22.5. The lowest BCUT2D eigenvalue weighted by Crippen LogP contribution is -2.09. The van der Waals surface area contributed by atoms with Gasteiger partial charge in [0.1, 0.15) is 16.1 Å². The molecule has 7 heteroatoms. The first-order valence-corrected chi connectivity index (χ1v) is 11.2. The van der Waals surface area contributed by atoms with Crippen LogP contribution in [0.2, 0.25) is 0 Å². The van der Waals surface area contributed by atoms with Crippen molar-refractivity contribution in [2.75, 3.05) is 11.9 Å². The Morgan fingerprint density at radius 3 is 2.13 bits per heavy atom. The zero-order valence-electron chi connectivity index (χ0n) is 19.2. The van der Waals surface area contributed by atoms with E-state index in [1.54, 1.807) is 4.68 Å². The predicted molar refractivity (Wildman–Crippen MR) is 129 cm³/mol. The van der Waals surface area contributed by atoms with Gasteiger partial charge in [-0.15, -0.1) is 0 Å². The van der Waals surface area contributed by atoms with Crippen LogP contribution in [0, 0.1) is 0 Å². The molecule has 0 N–H and O–H groups in total. The molecule has 1 aromatic carbocycles. The van der Waals surface area contributed by atoms with Crippen molar-refractivity contribution in [1.82, 2.24) is 19.7 Å². The van der Waals surface area contributed by atoms with Crippen LogP contribution in [0.4, 0.5) is 10.9 Å². The molecule has 0 saturated carbocycles. The molecule has 0 unspecified atom stereocenters. The maximum Gasteiger partial charge on any atom is 0.220 e. The predicted octanol–water partition coefficient (Wildman–Crippen LogP) is 7.06. The lowest BCUT2D eigenvalue weighted by atomic mass is 10.3. The molecule has 0 saturated heterocycles. The molecule has 4 rings (SSSR count). The van der Waals surface area contributed by atoms with Crippen LogP contribution in [-0.4, -0.2) is 26.8 Å². The van der Waals surface area contributed by atoms with Crippen LogP contribution in [-0.2, 0) is 7.05 Å². The Kier molecular flexibility index (Phi) is 11.1. The van der Waals surface area contributed by atoms with Gasteiger partial charge < -0.3 is 9.64 Å². The van der Waals surface area contributed by atoms with E-state index in [4.69, 9.17) is 4.74 Å². The van der Waals surface area contributed by atoms with Gasteiger partial charge in [-0.1, -0.05) is 71.1 Å². The van der Waals surface area contributed by atoms with Crippen LogP contribution < -0.4 is 9.64 Å². The molecule has 3 aromatic heterocycles. The van der Waals surface area contributed by atoms with Crippen molar-refractivity contribution >= 4 is 32.6 Å². The highest BCUT2D eigenvalue weighted by atomic mass is 32.1. The van der Waals surface area contributed by atoms with Crippen molar-refractivity contribution in [2.45, 2.75) is 41.5 Å². The van der Waals surface area contributed by atoms with Crippen molar-refractivity contribution in [1.29, 1.82) is 0 Å². The molecular weight excluding hydrogens is 394 g/mol. The number of para-hydroxylation sites is 1. The number of thiazole rings is 1. The second kappa shape index (κ2) is 13.3. The van der Waals surface area contributed by atoms with Gasteiger partial charge in [-0.3, -0.25) is 4.68 Å². The summed E-state index contributed by atoms with van der Waals surface area (Å²) in [6, 6.07) is 15.3. The van der Waals surface area contributed by atoms with Gasteiger partial charge in [-0.2, -0.15) is 5.10 Å². The summed E-state index contributed by atoms with van der Waals surface area (Å²) in [6.45, 7) is 12.0. The molecule has 0 spiro atoms. The smallest absolute Gasteiger partial charge is 0.220 e. The molecule has 162 valence electrons. The molecule has 4 aromatic rings. The second-order valence-electron chi connectivity index (χ2n) is 5.29. The molecule has 0 aliphatic carbocycles. The fourth-order valence-electron chi connectivity index (χ4n) is 2.28. The summed E-state index contributed by atoms with van der Waals surface area (Å²) < 4.78 is 7.55. The highest BCUT2D eigenvalue weighted by Crippen LogP contribution is 2.32. The Hall–Kier alpha value is -2.93. The van der Waals surface area contributed by atoms with Gasteiger partial charge in [0, 0.05) is 32.4 Å². The standard InChI is InChI=1S/C17H15N5OS.3C2H6/c1-21-11-10-14(20-21)22(2)17-18-13-8-9-15(19-16(13)24-17)23-12-6-4-3-5-7-12;3*1-2/h3-11H,1-2H3;3*1-2H3. The maximum atomic E-state index is 5.78. The Morgan fingerprint density at radius 1 is 0.867 bits per heavy atom. The van der Waals surface area contributed by atoms with Crippen LogP contribution in [0.3, 0.4) is 0 Å². The Bertz CT molecular complexity index is 982. The Balaban J connectivity index is 0.000000691. The van der Waals surface area contributed by atoms with Crippen molar-refractivity contribution in [3.8, 4) is 11.6 Å². The van der Waals surface area contributed by atoms with Crippen molar-refractivity contribution < 1.29 is 4.74 Å². The topological polar surface area (TPSA) is 56.1 Å². The number of pyridine rings is 1. The molecule has 0 bridgehead atoms. The third-order valence-electron chi connectivity index (χ3n) is 3.51. The summed E-state index contributed by atoms with van der Waals surface area (Å²) in [6.07, 6.45) is 1.91. The zero-order valence-corrected chi connectivity index (χ0v) is 20.1. The fourth-order valence-corrected chi connectivity index (χ4v) is 3.18. The largest absolute Gasteiger partial charge is 0.439 e. The molecule has 0 aliphatic rings. The number of nitrogens with zero attached hydrogens (tertiary/aromatic N) is 5. The maximum absolute atomic E-state index is 5.78. The highest BCUT2D eigenvalue weighted by molar-refractivity contribution is 7.21. The molecule has 3 heterocycles. The number of rotatable bonds is 4. The second-order valence-corrected chi connectivity index (χ2v) is 6.25. The number of aromatic nitrogens is 4. The summed E-state index contributed by atoms with van der Waals surface area (Å²) in [5.74, 6) is 2.17. The fraction of sp³-hybridized carbons (Fsp3) is 0.348. The molecule has 30 heavy (non-hydrogen) atoms. The normalized spacial score (nSPS) is 9.33. The first-order chi connectivity index (χ1) is 14.7. The number of hydrogen-bond acceptors (Lipinski definition) is 6. The van der Waals surface area contributed by atoms with Gasteiger partial charge in [-0.05, 0) is 18.2 Å². The van der Waals surface area contributed by atoms with Crippen molar-refractivity contribution in [3.63, 3.8) is 0 Å². The molecular formula is C23H33N5OS. The van der Waals surface area contributed by atoms with Crippen molar-refractivity contribution in [2.24, 2.45) is 7.05 Å². The molecule has 0 fully saturated rings. The van der Waals surface area contributed by atoms with E-state index in [1.165, 1.54) is 11.3 Å². The number of fused-ring (bicyclic) bond motifs is 1. The first-order valence-electron chi connectivity index (χ1n) is 10.4. The first kappa shape index (κ1) is 25.1. The van der Waals surface area contributed by atoms with Crippen LogP contribution in [0.25, 0.3) is 10.3 Å². The van der Waals surface area contributed by atoms with Gasteiger partial charge in [0.15, 0.2) is 10.9 Å². The van der Waals surface area contributed by atoms with Gasteiger partial charge in [0.25, 0.3) is 0 Å². The minimum absolute atomic E-state index is 0.560. The summed E-state index contributed by atoms with van der Waals surface area (Å²) in [7, 11) is 3.84. The quantitative estimate of drug-likeness (QED) is 0.349. The van der Waals surface area contributed by atoms with E-state index >= 15 is 0 Å². The highest BCUT2D eigenvalue weighted by Gasteiger charge is 2.13. The summed E-state index contributed by atoms with van der Waals surface area (Å²) in [5, 5.41) is 5.24. The van der Waals surface area contributed by atoms with Gasteiger partial charge in [0.2, 0.25) is 5.88 Å². The van der Waals surface area contributed by atoms with E-state index in [0.717, 1.165) is 27.0 Å². The lowest BCUT2D eigenvalue weighted by molar-refractivity contribution is 0.465. The third kappa shape index (κ3) is 6.56. The number of benzene rings is 1. The average molecular weight is 428 g/mol. The number of ether oxygens (including phenoxy) is 1. The van der Waals surface area contributed by atoms with Gasteiger partial charge in [-0.25, -0.2) is 9.97 Å². The van der Waals surface area contributed by atoms with Crippen LogP contribution in [0.15, 0.2) is 54.7 Å². The summed E-state index contributed by atoms with van der Waals surface area (Å²) in [4.78, 5) is 12.0. The molecule has 6 nitrogen and oxygen atoms in total. The summed E-state index contributed by atoms with van der Waals surface area (Å²) >= 11 is 1.51. The van der Waals surface area contributed by atoms with Crippen molar-refractivity contribution in [3.05, 3.63) is 54.7 Å². The summed E-state index contributed by atoms with van der Waals surface area (Å²) in [5.41, 5.74) is 0.846. The SMILES string of the molecule is CC.CC.CC.CN(c1ccn(C)n1)c1nc2ccc(Oc3ccccc3)nc2s1. The Labute approximate surface area is 184 Å². The van der Waals surface area contributed by atoms with Crippen LogP contribution in [0.1, 0.15) is 41.5 Å². The van der Waals surface area contributed by atoms with Gasteiger partial charge >= 0.3 is 0 Å².